The first kappa shape index (κ1) is 6.21. The van der Waals surface area contributed by atoms with E-state index in [0.717, 1.165) is 18.4 Å². The number of aromatic nitrogens is 4. The second kappa shape index (κ2) is 2.61. The van der Waals surface area contributed by atoms with Crippen molar-refractivity contribution in [3.05, 3.63) is 12.0 Å². The molecule has 1 aromatic rings. The summed E-state index contributed by atoms with van der Waals surface area (Å²) in [5.41, 5.74) is 1.04. The van der Waals surface area contributed by atoms with E-state index in [0.29, 0.717) is 5.82 Å². The van der Waals surface area contributed by atoms with Gasteiger partial charge in [0.2, 0.25) is 5.82 Å². The second-order valence-corrected chi connectivity index (χ2v) is 2.26. The lowest BCUT2D eigenvalue weighted by atomic mass is 10.1. The topological polar surface area (TPSA) is 66.8 Å². The molecule has 0 amide bonds. The van der Waals surface area contributed by atoms with Gasteiger partial charge in [0, 0.05) is 18.0 Å². The first-order chi connectivity index (χ1) is 5.47. The minimum Gasteiger partial charge on any atom is -0.269 e. The van der Waals surface area contributed by atoms with Gasteiger partial charge < -0.3 is 0 Å². The van der Waals surface area contributed by atoms with Crippen molar-refractivity contribution in [3.63, 3.8) is 0 Å². The highest BCUT2D eigenvalue weighted by molar-refractivity contribution is 5.70. The normalized spacial score (nSPS) is 16.5. The summed E-state index contributed by atoms with van der Waals surface area (Å²) in [7, 11) is 0. The number of hydrogen-bond acceptors (Lipinski definition) is 4. The van der Waals surface area contributed by atoms with Crippen LogP contribution in [0.2, 0.25) is 0 Å². The van der Waals surface area contributed by atoms with Crippen molar-refractivity contribution in [1.29, 1.82) is 0 Å². The molecule has 0 atom stereocenters. The summed E-state index contributed by atoms with van der Waals surface area (Å²) in [6.07, 6.45) is 5.56. The van der Waals surface area contributed by atoms with Crippen molar-refractivity contribution in [2.45, 2.75) is 12.8 Å². The van der Waals surface area contributed by atoms with Crippen LogP contribution in [-0.2, 0) is 0 Å². The zero-order valence-corrected chi connectivity index (χ0v) is 5.86. The third kappa shape index (κ3) is 1.17. The Balaban J connectivity index is 2.29. The molecule has 5 nitrogen and oxygen atoms in total. The quantitative estimate of drug-likeness (QED) is 0.628. The standard InChI is InChI=1S/C6H7N5/c1-2-5(4-7-3-1)6-8-10-11-9-6/h3-4H,1-2H2,(H,8,9,10,11). The number of aromatic amines is 1. The maximum Gasteiger partial charge on any atom is 0.202 e. The Morgan fingerprint density at radius 2 is 2.45 bits per heavy atom. The van der Waals surface area contributed by atoms with Crippen molar-refractivity contribution in [1.82, 2.24) is 20.6 Å². The van der Waals surface area contributed by atoms with Gasteiger partial charge in [0.15, 0.2) is 0 Å². The largest absolute Gasteiger partial charge is 0.269 e. The molecule has 11 heavy (non-hydrogen) atoms. The van der Waals surface area contributed by atoms with Crippen LogP contribution in [0.1, 0.15) is 18.7 Å². The van der Waals surface area contributed by atoms with Crippen molar-refractivity contribution >= 4 is 11.8 Å². The fourth-order valence-corrected chi connectivity index (χ4v) is 0.969. The minimum atomic E-state index is 0.654. The summed E-state index contributed by atoms with van der Waals surface area (Å²) in [6, 6.07) is 0. The molecule has 0 saturated heterocycles. The van der Waals surface area contributed by atoms with Crippen molar-refractivity contribution in [3.8, 4) is 0 Å². The molecule has 1 aliphatic heterocycles. The van der Waals surface area contributed by atoms with Gasteiger partial charge in [0.1, 0.15) is 0 Å². The number of hydrogen-bond donors (Lipinski definition) is 1. The number of allylic oxidation sites excluding steroid dienone is 1. The Morgan fingerprint density at radius 1 is 1.45 bits per heavy atom. The average molecular weight is 149 g/mol. The Kier molecular flexibility index (Phi) is 1.47. The van der Waals surface area contributed by atoms with Crippen LogP contribution in [0.3, 0.4) is 0 Å². The molecule has 0 aromatic carbocycles. The fourth-order valence-electron chi connectivity index (χ4n) is 0.969. The SMILES string of the molecule is C1=NC=C(c2nn[nH]n2)CC1. The number of rotatable bonds is 1. The van der Waals surface area contributed by atoms with E-state index in [1.54, 1.807) is 6.20 Å². The molecule has 1 N–H and O–H groups in total. The van der Waals surface area contributed by atoms with Gasteiger partial charge in [0.05, 0.1) is 0 Å². The van der Waals surface area contributed by atoms with E-state index in [1.807, 2.05) is 6.21 Å². The predicted octanol–water partition coefficient (Wildman–Crippen LogP) is 0.405. The summed E-state index contributed by atoms with van der Waals surface area (Å²) < 4.78 is 0. The first-order valence-corrected chi connectivity index (χ1v) is 3.41. The molecule has 1 aliphatic rings. The van der Waals surface area contributed by atoms with E-state index < -0.39 is 0 Å². The number of nitrogens with one attached hydrogen (secondary N) is 1. The van der Waals surface area contributed by atoms with Crippen molar-refractivity contribution < 1.29 is 0 Å². The van der Waals surface area contributed by atoms with Crippen molar-refractivity contribution in [2.24, 2.45) is 4.99 Å². The van der Waals surface area contributed by atoms with Crippen LogP contribution in [0, 0.1) is 0 Å². The van der Waals surface area contributed by atoms with Crippen LogP contribution in [0.4, 0.5) is 0 Å². The lowest BCUT2D eigenvalue weighted by Gasteiger charge is -2.01. The molecular weight excluding hydrogens is 142 g/mol. The molecule has 0 saturated carbocycles. The number of tetrazole rings is 1. The Bertz CT molecular complexity index is 284. The zero-order valence-electron chi connectivity index (χ0n) is 5.86. The fraction of sp³-hybridized carbons (Fsp3) is 0.333. The molecule has 0 spiro atoms. The van der Waals surface area contributed by atoms with Crippen LogP contribution in [0.15, 0.2) is 11.2 Å². The number of H-pyrrole nitrogens is 1. The van der Waals surface area contributed by atoms with Gasteiger partial charge in [-0.1, -0.05) is 0 Å². The minimum absolute atomic E-state index is 0.654. The maximum absolute atomic E-state index is 4.01. The zero-order chi connectivity index (χ0) is 7.52. The second-order valence-electron chi connectivity index (χ2n) is 2.26. The van der Waals surface area contributed by atoms with Crippen LogP contribution in [0.25, 0.3) is 5.57 Å². The van der Waals surface area contributed by atoms with Crippen LogP contribution >= 0.6 is 0 Å². The highest BCUT2D eigenvalue weighted by atomic mass is 15.5. The smallest absolute Gasteiger partial charge is 0.202 e. The summed E-state index contributed by atoms with van der Waals surface area (Å²) >= 11 is 0. The molecule has 0 fully saturated rings. The van der Waals surface area contributed by atoms with Gasteiger partial charge in [-0.3, -0.25) is 4.99 Å². The Hall–Kier alpha value is -1.52. The summed E-state index contributed by atoms with van der Waals surface area (Å²) in [6.45, 7) is 0. The van der Waals surface area contributed by atoms with E-state index in [1.165, 1.54) is 0 Å². The molecule has 0 aliphatic carbocycles. The summed E-state index contributed by atoms with van der Waals surface area (Å²) in [5.74, 6) is 0.654. The molecule has 56 valence electrons. The lowest BCUT2D eigenvalue weighted by Crippen LogP contribution is -1.92. The monoisotopic (exact) mass is 149 g/mol. The van der Waals surface area contributed by atoms with Gasteiger partial charge in [-0.25, -0.2) is 0 Å². The number of aliphatic imine (C=N–C) groups is 1. The molecule has 0 radical (unpaired) electrons. The molecule has 2 rings (SSSR count). The van der Waals surface area contributed by atoms with Crippen LogP contribution in [-0.4, -0.2) is 26.8 Å². The first-order valence-electron chi connectivity index (χ1n) is 3.41. The molecule has 2 heterocycles. The van der Waals surface area contributed by atoms with Gasteiger partial charge in [-0.2, -0.15) is 5.21 Å². The highest BCUT2D eigenvalue weighted by Gasteiger charge is 2.07. The summed E-state index contributed by atoms with van der Waals surface area (Å²) in [4.78, 5) is 4.01. The maximum atomic E-state index is 4.01. The van der Waals surface area contributed by atoms with E-state index in [-0.39, 0.29) is 0 Å². The molecule has 5 heteroatoms. The molecular formula is C6H7N5. The van der Waals surface area contributed by atoms with E-state index in [2.05, 4.69) is 25.6 Å². The predicted molar refractivity (Wildman–Crippen MR) is 39.9 cm³/mol. The van der Waals surface area contributed by atoms with E-state index >= 15 is 0 Å². The van der Waals surface area contributed by atoms with Gasteiger partial charge >= 0.3 is 0 Å². The summed E-state index contributed by atoms with van der Waals surface area (Å²) in [5, 5.41) is 13.6. The van der Waals surface area contributed by atoms with Crippen LogP contribution in [0.5, 0.6) is 0 Å². The average Bonchev–Trinajstić information content (AvgIpc) is 2.58. The number of nitrogens with zero attached hydrogens (tertiary/aromatic N) is 4. The highest BCUT2D eigenvalue weighted by Crippen LogP contribution is 2.16. The molecule has 1 aromatic heterocycles. The van der Waals surface area contributed by atoms with Gasteiger partial charge in [-0.05, 0) is 18.1 Å². The molecule has 0 bridgehead atoms. The van der Waals surface area contributed by atoms with E-state index in [9.17, 15) is 0 Å². The van der Waals surface area contributed by atoms with E-state index in [4.69, 9.17) is 0 Å². The lowest BCUT2D eigenvalue weighted by molar-refractivity contribution is 0.881. The van der Waals surface area contributed by atoms with Crippen LogP contribution < -0.4 is 0 Å². The molecule has 0 unspecified atom stereocenters. The Morgan fingerprint density at radius 3 is 3.09 bits per heavy atom. The van der Waals surface area contributed by atoms with Gasteiger partial charge in [0.25, 0.3) is 0 Å². The third-order valence-electron chi connectivity index (χ3n) is 1.51. The van der Waals surface area contributed by atoms with Gasteiger partial charge in [-0.15, -0.1) is 10.2 Å². The third-order valence-corrected chi connectivity index (χ3v) is 1.51. The van der Waals surface area contributed by atoms with Crippen molar-refractivity contribution in [2.75, 3.05) is 0 Å². The Labute approximate surface area is 63.2 Å².